The number of rotatable bonds is 4. The Morgan fingerprint density at radius 1 is 1.33 bits per heavy atom. The second kappa shape index (κ2) is 9.54. The molecular formula is C14H23IN4O2. The molecule has 0 aliphatic rings. The van der Waals surface area contributed by atoms with Gasteiger partial charge >= 0.3 is 5.97 Å². The zero-order valence-corrected chi connectivity index (χ0v) is 15.2. The van der Waals surface area contributed by atoms with Gasteiger partial charge in [0.25, 0.3) is 0 Å². The molecule has 1 rings (SSSR count). The van der Waals surface area contributed by atoms with Crippen LogP contribution in [-0.2, 0) is 16.1 Å². The maximum atomic E-state index is 11.6. The van der Waals surface area contributed by atoms with Crippen LogP contribution in [0.2, 0.25) is 0 Å². The summed E-state index contributed by atoms with van der Waals surface area (Å²) in [4.78, 5) is 19.8. The predicted octanol–water partition coefficient (Wildman–Crippen LogP) is 1.71. The number of aromatic nitrogens is 1. The Kier molecular flexibility index (Phi) is 8.91. The smallest absolute Gasteiger partial charge is 0.325 e. The Bertz CT molecular complexity index is 458. The third-order valence-electron chi connectivity index (χ3n) is 2.21. The maximum Gasteiger partial charge on any atom is 0.325 e. The number of carbonyl (C=O) groups is 1. The minimum atomic E-state index is -0.482. The van der Waals surface area contributed by atoms with Gasteiger partial charge in [-0.25, -0.2) is 0 Å². The number of esters is 1. The molecule has 1 aromatic heterocycles. The molecule has 0 aliphatic carbocycles. The first-order valence-electron chi connectivity index (χ1n) is 6.47. The van der Waals surface area contributed by atoms with Crippen LogP contribution in [0.3, 0.4) is 0 Å². The molecule has 0 spiro atoms. The van der Waals surface area contributed by atoms with Crippen LogP contribution in [-0.4, -0.2) is 36.1 Å². The van der Waals surface area contributed by atoms with E-state index < -0.39 is 5.60 Å². The Morgan fingerprint density at radius 3 is 2.57 bits per heavy atom. The summed E-state index contributed by atoms with van der Waals surface area (Å²) in [5, 5.41) is 5.97. The Labute approximate surface area is 142 Å². The number of nitrogens with one attached hydrogen (secondary N) is 2. The van der Waals surface area contributed by atoms with Crippen molar-refractivity contribution in [2.24, 2.45) is 4.99 Å². The summed E-state index contributed by atoms with van der Waals surface area (Å²) in [6.07, 6.45) is 1.73. The average Bonchev–Trinajstić information content (AvgIpc) is 2.38. The summed E-state index contributed by atoms with van der Waals surface area (Å²) in [6, 6.07) is 5.69. The standard InChI is InChI=1S/C14H22N4O2.HI/c1-14(2,3)20-12(19)10-18-13(15-4)17-9-11-7-5-6-8-16-11;/h5-8H,9-10H2,1-4H3,(H2,15,17,18);1H. The SMILES string of the molecule is CN=C(NCC(=O)OC(C)(C)C)NCc1ccccn1.I. The predicted molar refractivity (Wildman–Crippen MR) is 93.7 cm³/mol. The first-order valence-corrected chi connectivity index (χ1v) is 6.47. The molecule has 1 heterocycles. The number of aliphatic imine (C=N–C) groups is 1. The van der Waals surface area contributed by atoms with E-state index in [1.165, 1.54) is 0 Å². The molecule has 0 saturated heterocycles. The van der Waals surface area contributed by atoms with E-state index in [2.05, 4.69) is 20.6 Å². The monoisotopic (exact) mass is 406 g/mol. The van der Waals surface area contributed by atoms with Crippen LogP contribution < -0.4 is 10.6 Å². The van der Waals surface area contributed by atoms with E-state index in [4.69, 9.17) is 4.74 Å². The number of halogens is 1. The minimum Gasteiger partial charge on any atom is -0.459 e. The van der Waals surface area contributed by atoms with E-state index in [0.29, 0.717) is 12.5 Å². The molecule has 6 nitrogen and oxygen atoms in total. The zero-order valence-electron chi connectivity index (χ0n) is 12.8. The lowest BCUT2D eigenvalue weighted by Crippen LogP contribution is -2.41. The van der Waals surface area contributed by atoms with Gasteiger partial charge in [-0.05, 0) is 32.9 Å². The van der Waals surface area contributed by atoms with Crippen LogP contribution in [0.25, 0.3) is 0 Å². The highest BCUT2D eigenvalue weighted by atomic mass is 127. The minimum absolute atomic E-state index is 0. The number of guanidine groups is 1. The van der Waals surface area contributed by atoms with Crippen molar-refractivity contribution in [3.63, 3.8) is 0 Å². The van der Waals surface area contributed by atoms with E-state index in [1.807, 2.05) is 39.0 Å². The quantitative estimate of drug-likeness (QED) is 0.345. The molecule has 0 unspecified atom stereocenters. The van der Waals surface area contributed by atoms with Crippen LogP contribution in [0.5, 0.6) is 0 Å². The van der Waals surface area contributed by atoms with Gasteiger partial charge in [-0.2, -0.15) is 0 Å². The summed E-state index contributed by atoms with van der Waals surface area (Å²) in [5.41, 5.74) is 0.414. The van der Waals surface area contributed by atoms with Crippen molar-refractivity contribution in [3.05, 3.63) is 30.1 Å². The van der Waals surface area contributed by atoms with Crippen LogP contribution in [0.4, 0.5) is 0 Å². The molecule has 0 aliphatic heterocycles. The molecule has 2 N–H and O–H groups in total. The van der Waals surface area contributed by atoms with E-state index >= 15 is 0 Å². The lowest BCUT2D eigenvalue weighted by atomic mass is 10.2. The van der Waals surface area contributed by atoms with Gasteiger partial charge in [0.05, 0.1) is 12.2 Å². The van der Waals surface area contributed by atoms with Crippen molar-refractivity contribution >= 4 is 35.9 Å². The molecule has 0 radical (unpaired) electrons. The number of ether oxygens (including phenoxy) is 1. The van der Waals surface area contributed by atoms with Gasteiger partial charge in [-0.1, -0.05) is 6.07 Å². The lowest BCUT2D eigenvalue weighted by Gasteiger charge is -2.20. The largest absolute Gasteiger partial charge is 0.459 e. The van der Waals surface area contributed by atoms with E-state index in [9.17, 15) is 4.79 Å². The number of hydrogen-bond acceptors (Lipinski definition) is 4. The molecule has 21 heavy (non-hydrogen) atoms. The van der Waals surface area contributed by atoms with Gasteiger partial charge in [-0.15, -0.1) is 24.0 Å². The first-order chi connectivity index (χ1) is 9.40. The molecule has 0 aromatic carbocycles. The second-order valence-electron chi connectivity index (χ2n) is 5.19. The number of carbonyl (C=O) groups excluding carboxylic acids is 1. The summed E-state index contributed by atoms with van der Waals surface area (Å²) in [7, 11) is 1.64. The molecule has 118 valence electrons. The molecule has 0 atom stereocenters. The fourth-order valence-electron chi connectivity index (χ4n) is 1.43. The maximum absolute atomic E-state index is 11.6. The third-order valence-corrected chi connectivity index (χ3v) is 2.21. The molecule has 7 heteroatoms. The summed E-state index contributed by atoms with van der Waals surface area (Å²) in [5.74, 6) is 0.208. The van der Waals surface area contributed by atoms with Crippen LogP contribution in [0.15, 0.2) is 29.4 Å². The zero-order chi connectivity index (χ0) is 15.0. The fourth-order valence-corrected chi connectivity index (χ4v) is 1.43. The second-order valence-corrected chi connectivity index (χ2v) is 5.19. The first kappa shape index (κ1) is 19.6. The highest BCUT2D eigenvalue weighted by Gasteiger charge is 2.16. The Hall–Kier alpha value is -1.38. The van der Waals surface area contributed by atoms with E-state index in [0.717, 1.165) is 5.69 Å². The van der Waals surface area contributed by atoms with Gasteiger partial charge in [0.1, 0.15) is 12.1 Å². The van der Waals surface area contributed by atoms with Gasteiger partial charge in [0.2, 0.25) is 0 Å². The highest BCUT2D eigenvalue weighted by molar-refractivity contribution is 14.0. The fraction of sp³-hybridized carbons (Fsp3) is 0.500. The van der Waals surface area contributed by atoms with Crippen molar-refractivity contribution in [2.45, 2.75) is 32.9 Å². The van der Waals surface area contributed by atoms with Crippen LogP contribution >= 0.6 is 24.0 Å². The van der Waals surface area contributed by atoms with Gasteiger partial charge < -0.3 is 15.4 Å². The van der Waals surface area contributed by atoms with Gasteiger partial charge in [-0.3, -0.25) is 14.8 Å². The molecular weight excluding hydrogens is 383 g/mol. The van der Waals surface area contributed by atoms with Crippen molar-refractivity contribution in [2.75, 3.05) is 13.6 Å². The summed E-state index contributed by atoms with van der Waals surface area (Å²) >= 11 is 0. The number of hydrogen-bond donors (Lipinski definition) is 2. The van der Waals surface area contributed by atoms with Crippen molar-refractivity contribution in [1.82, 2.24) is 15.6 Å². The average molecular weight is 406 g/mol. The lowest BCUT2D eigenvalue weighted by molar-refractivity contribution is -0.153. The molecule has 0 bridgehead atoms. The Morgan fingerprint density at radius 2 is 2.05 bits per heavy atom. The van der Waals surface area contributed by atoms with Crippen LogP contribution in [0, 0.1) is 0 Å². The molecule has 0 fully saturated rings. The number of nitrogens with zero attached hydrogens (tertiary/aromatic N) is 2. The van der Waals surface area contributed by atoms with Crippen LogP contribution in [0.1, 0.15) is 26.5 Å². The van der Waals surface area contributed by atoms with Gasteiger partial charge in [0.15, 0.2) is 5.96 Å². The van der Waals surface area contributed by atoms with Crippen molar-refractivity contribution in [1.29, 1.82) is 0 Å². The molecule has 0 amide bonds. The van der Waals surface area contributed by atoms with E-state index in [1.54, 1.807) is 13.2 Å². The molecule has 0 saturated carbocycles. The normalized spacial score (nSPS) is 11.3. The van der Waals surface area contributed by atoms with E-state index in [-0.39, 0.29) is 36.5 Å². The van der Waals surface area contributed by atoms with Gasteiger partial charge in [0, 0.05) is 13.2 Å². The van der Waals surface area contributed by atoms with Crippen molar-refractivity contribution < 1.29 is 9.53 Å². The third kappa shape index (κ3) is 9.22. The Balaban J connectivity index is 0.00000400. The number of pyridine rings is 1. The summed E-state index contributed by atoms with van der Waals surface area (Å²) < 4.78 is 5.20. The molecule has 1 aromatic rings. The van der Waals surface area contributed by atoms with Crippen molar-refractivity contribution in [3.8, 4) is 0 Å². The topological polar surface area (TPSA) is 75.6 Å². The highest BCUT2D eigenvalue weighted by Crippen LogP contribution is 2.06. The summed E-state index contributed by atoms with van der Waals surface area (Å²) in [6.45, 7) is 6.10.